The summed E-state index contributed by atoms with van der Waals surface area (Å²) < 4.78 is 0. The largest absolute Gasteiger partial charge is 0.318 e. The van der Waals surface area contributed by atoms with Gasteiger partial charge in [0.1, 0.15) is 0 Å². The summed E-state index contributed by atoms with van der Waals surface area (Å²) in [6.07, 6.45) is 0. The van der Waals surface area contributed by atoms with Gasteiger partial charge in [-0.15, -0.1) is 0 Å². The van der Waals surface area contributed by atoms with Crippen molar-refractivity contribution in [1.82, 2.24) is 16.0 Å². The smallest absolute Gasteiger partial charge is 0.0474 e. The van der Waals surface area contributed by atoms with Crippen LogP contribution in [0.1, 0.15) is 0 Å². The zero-order valence-corrected chi connectivity index (χ0v) is 5.20. The van der Waals surface area contributed by atoms with Crippen LogP contribution in [-0.2, 0) is 0 Å². The molecule has 0 aromatic heterocycles. The van der Waals surface area contributed by atoms with Gasteiger partial charge in [0.25, 0.3) is 0 Å². The first kappa shape index (κ1) is 7.84. The van der Waals surface area contributed by atoms with Gasteiger partial charge in [0.2, 0.25) is 0 Å². The van der Waals surface area contributed by atoms with Crippen molar-refractivity contribution in [2.24, 2.45) is 5.73 Å². The van der Waals surface area contributed by atoms with E-state index in [4.69, 9.17) is 5.73 Å². The van der Waals surface area contributed by atoms with Gasteiger partial charge in [-0.1, -0.05) is 0 Å². The first-order valence-electron chi connectivity index (χ1n) is 2.68. The van der Waals surface area contributed by atoms with Crippen LogP contribution < -0.4 is 21.7 Å². The van der Waals surface area contributed by atoms with Crippen molar-refractivity contribution in [3.05, 3.63) is 0 Å². The van der Waals surface area contributed by atoms with E-state index < -0.39 is 0 Å². The fraction of sp³-hybridized carbons (Fsp3) is 1.00. The summed E-state index contributed by atoms with van der Waals surface area (Å²) in [5.74, 6) is 0. The molecule has 4 heteroatoms. The third-order valence-electron chi connectivity index (χ3n) is 0.696. The number of nitrogens with one attached hydrogen (secondary N) is 3. The molecule has 0 aliphatic carbocycles. The summed E-state index contributed by atoms with van der Waals surface area (Å²) in [7, 11) is 1.88. The lowest BCUT2D eigenvalue weighted by Gasteiger charge is -2.01. The molecule has 0 unspecified atom stereocenters. The molecule has 0 aliphatic rings. The highest BCUT2D eigenvalue weighted by atomic mass is 15.1. The molecule has 0 atom stereocenters. The van der Waals surface area contributed by atoms with Gasteiger partial charge in [-0.2, -0.15) is 0 Å². The Kier molecular flexibility index (Phi) is 6.70. The van der Waals surface area contributed by atoms with Crippen molar-refractivity contribution in [3.8, 4) is 0 Å². The Morgan fingerprint density at radius 1 is 1.25 bits per heavy atom. The van der Waals surface area contributed by atoms with Crippen LogP contribution >= 0.6 is 0 Å². The lowest BCUT2D eigenvalue weighted by molar-refractivity contribution is 0.565. The fourth-order valence-electron chi connectivity index (χ4n) is 0.348. The molecule has 5 N–H and O–H groups in total. The predicted molar refractivity (Wildman–Crippen MR) is 34.1 cm³/mol. The maximum absolute atomic E-state index is 5.14. The molecule has 0 spiro atoms. The average Bonchev–Trinajstić information content (AvgIpc) is 1.81. The first-order valence-corrected chi connectivity index (χ1v) is 2.68. The Morgan fingerprint density at radius 2 is 2.00 bits per heavy atom. The van der Waals surface area contributed by atoms with Crippen LogP contribution in [0, 0.1) is 0 Å². The van der Waals surface area contributed by atoms with Crippen LogP contribution in [0.3, 0.4) is 0 Å². The highest BCUT2D eigenvalue weighted by Crippen LogP contribution is 1.44. The number of nitrogens with two attached hydrogens (primary N) is 1. The Hall–Kier alpha value is -0.160. The molecule has 0 heterocycles. The van der Waals surface area contributed by atoms with E-state index in [-0.39, 0.29) is 0 Å². The van der Waals surface area contributed by atoms with Gasteiger partial charge < -0.3 is 11.1 Å². The van der Waals surface area contributed by atoms with Crippen LogP contribution in [0.25, 0.3) is 0 Å². The SMILES string of the molecule is CNCNCNCN. The lowest BCUT2D eigenvalue weighted by atomic mass is 10.9. The predicted octanol–water partition coefficient (Wildman–Crippen LogP) is -1.78. The minimum absolute atomic E-state index is 0.525. The molecule has 0 aliphatic heterocycles. The van der Waals surface area contributed by atoms with Crippen LogP contribution in [0.2, 0.25) is 0 Å². The van der Waals surface area contributed by atoms with Gasteiger partial charge in [0.05, 0.1) is 0 Å². The number of hydrogen-bond donors (Lipinski definition) is 4. The quantitative estimate of drug-likeness (QED) is 0.254. The molecule has 0 saturated heterocycles. The second kappa shape index (κ2) is 6.84. The van der Waals surface area contributed by atoms with Crippen molar-refractivity contribution in [2.75, 3.05) is 27.1 Å². The maximum Gasteiger partial charge on any atom is 0.0474 e. The maximum atomic E-state index is 5.14. The van der Waals surface area contributed by atoms with Gasteiger partial charge in [0, 0.05) is 20.0 Å². The van der Waals surface area contributed by atoms with Crippen molar-refractivity contribution in [2.45, 2.75) is 0 Å². The Balaban J connectivity index is 2.53. The standard InChI is InChI=1S/C4H14N4/c1-6-3-8-4-7-2-5/h6-8H,2-5H2,1H3. The minimum atomic E-state index is 0.525. The normalized spacial score (nSPS) is 9.75. The van der Waals surface area contributed by atoms with E-state index in [9.17, 15) is 0 Å². The summed E-state index contributed by atoms with van der Waals surface area (Å²) >= 11 is 0. The summed E-state index contributed by atoms with van der Waals surface area (Å²) in [5.41, 5.74) is 5.14. The van der Waals surface area contributed by atoms with Crippen molar-refractivity contribution in [1.29, 1.82) is 0 Å². The minimum Gasteiger partial charge on any atom is -0.318 e. The molecule has 0 bridgehead atoms. The molecule has 0 aromatic rings. The molecule has 8 heavy (non-hydrogen) atoms. The topological polar surface area (TPSA) is 62.1 Å². The summed E-state index contributed by atoms with van der Waals surface area (Å²) in [4.78, 5) is 0. The Morgan fingerprint density at radius 3 is 2.50 bits per heavy atom. The van der Waals surface area contributed by atoms with E-state index in [1.807, 2.05) is 7.05 Å². The molecule has 0 amide bonds. The molecule has 4 nitrogen and oxygen atoms in total. The van der Waals surface area contributed by atoms with E-state index in [0.29, 0.717) is 6.67 Å². The van der Waals surface area contributed by atoms with Crippen LogP contribution in [0.4, 0.5) is 0 Å². The van der Waals surface area contributed by atoms with Gasteiger partial charge in [-0.05, 0) is 7.05 Å². The van der Waals surface area contributed by atoms with Gasteiger partial charge in [-0.25, -0.2) is 0 Å². The molecule has 50 valence electrons. The Bertz CT molecular complexity index is 33.0. The summed E-state index contributed by atoms with van der Waals surface area (Å²) in [6, 6.07) is 0. The number of hydrogen-bond acceptors (Lipinski definition) is 4. The zero-order chi connectivity index (χ0) is 6.24. The van der Waals surface area contributed by atoms with Crippen LogP contribution in [0.15, 0.2) is 0 Å². The Labute approximate surface area is 49.8 Å². The molecule has 0 aromatic carbocycles. The van der Waals surface area contributed by atoms with Crippen molar-refractivity contribution >= 4 is 0 Å². The van der Waals surface area contributed by atoms with Crippen molar-refractivity contribution < 1.29 is 0 Å². The van der Waals surface area contributed by atoms with Crippen LogP contribution in [-0.4, -0.2) is 27.1 Å². The average molecular weight is 118 g/mol. The second-order valence-corrected chi connectivity index (χ2v) is 1.41. The summed E-state index contributed by atoms with van der Waals surface area (Å²) in [5, 5.41) is 8.88. The van der Waals surface area contributed by atoms with E-state index in [1.165, 1.54) is 0 Å². The molecular formula is C4H14N4. The van der Waals surface area contributed by atoms with Crippen molar-refractivity contribution in [3.63, 3.8) is 0 Å². The third-order valence-corrected chi connectivity index (χ3v) is 0.696. The zero-order valence-electron chi connectivity index (χ0n) is 5.20. The third kappa shape index (κ3) is 5.84. The monoisotopic (exact) mass is 118 g/mol. The summed E-state index contributed by atoms with van der Waals surface area (Å²) in [6.45, 7) is 2.10. The fourth-order valence-corrected chi connectivity index (χ4v) is 0.348. The number of rotatable bonds is 5. The second-order valence-electron chi connectivity index (χ2n) is 1.41. The van der Waals surface area contributed by atoms with E-state index >= 15 is 0 Å². The molecule has 0 fully saturated rings. The van der Waals surface area contributed by atoms with Gasteiger partial charge >= 0.3 is 0 Å². The molecule has 0 saturated carbocycles. The highest BCUT2D eigenvalue weighted by Gasteiger charge is 1.76. The highest BCUT2D eigenvalue weighted by molar-refractivity contribution is 4.37. The lowest BCUT2D eigenvalue weighted by Crippen LogP contribution is -2.36. The molecule has 0 rings (SSSR count). The first-order chi connectivity index (χ1) is 3.91. The molecule has 0 radical (unpaired) electrons. The van der Waals surface area contributed by atoms with E-state index in [1.54, 1.807) is 0 Å². The van der Waals surface area contributed by atoms with Crippen LogP contribution in [0.5, 0.6) is 0 Å². The van der Waals surface area contributed by atoms with E-state index in [0.717, 1.165) is 13.3 Å². The van der Waals surface area contributed by atoms with E-state index in [2.05, 4.69) is 16.0 Å². The van der Waals surface area contributed by atoms with Gasteiger partial charge in [-0.3, -0.25) is 10.6 Å². The molecular weight excluding hydrogens is 104 g/mol. The van der Waals surface area contributed by atoms with Gasteiger partial charge in [0.15, 0.2) is 0 Å².